The zero-order valence-corrected chi connectivity index (χ0v) is 9.71. The average Bonchev–Trinajstić information content (AvgIpc) is 2.38. The van der Waals surface area contributed by atoms with E-state index in [0.29, 0.717) is 6.07 Å². The van der Waals surface area contributed by atoms with Crippen molar-refractivity contribution in [1.29, 1.82) is 0 Å². The smallest absolute Gasteiger partial charge is 0.417 e. The standard InChI is InChI=1S/C12H11F4NO2/c13-4-8(5-17)7-19-10-2-1-9(6-18)11(3-10)12(14,15)16/h1-4,6H,5,7,17H2/b8-4+. The van der Waals surface area contributed by atoms with Crippen LogP contribution in [0, 0.1) is 0 Å². The molecule has 0 aromatic heterocycles. The van der Waals surface area contributed by atoms with Crippen LogP contribution in [-0.2, 0) is 6.18 Å². The highest BCUT2D eigenvalue weighted by Gasteiger charge is 2.33. The van der Waals surface area contributed by atoms with Crippen LogP contribution in [0.15, 0.2) is 30.1 Å². The van der Waals surface area contributed by atoms with Crippen LogP contribution in [0.25, 0.3) is 0 Å². The van der Waals surface area contributed by atoms with Gasteiger partial charge in [-0.25, -0.2) is 4.39 Å². The molecule has 0 radical (unpaired) electrons. The topological polar surface area (TPSA) is 52.3 Å². The van der Waals surface area contributed by atoms with Gasteiger partial charge in [0.25, 0.3) is 0 Å². The predicted octanol–water partition coefficient (Wildman–Crippen LogP) is 2.71. The number of carbonyl (C=O) groups is 1. The molecular formula is C12H11F4NO2. The van der Waals surface area contributed by atoms with Crippen molar-refractivity contribution in [2.45, 2.75) is 6.18 Å². The van der Waals surface area contributed by atoms with Gasteiger partial charge in [0.1, 0.15) is 12.4 Å². The summed E-state index contributed by atoms with van der Waals surface area (Å²) in [4.78, 5) is 10.5. The molecular weight excluding hydrogens is 266 g/mol. The molecule has 2 N–H and O–H groups in total. The van der Waals surface area contributed by atoms with Gasteiger partial charge in [-0.1, -0.05) is 0 Å². The first kappa shape index (κ1) is 15.2. The Balaban J connectivity index is 2.96. The van der Waals surface area contributed by atoms with Crippen molar-refractivity contribution >= 4 is 6.29 Å². The van der Waals surface area contributed by atoms with E-state index in [9.17, 15) is 22.4 Å². The van der Waals surface area contributed by atoms with Crippen molar-refractivity contribution in [3.8, 4) is 5.75 Å². The number of aldehydes is 1. The first-order valence-electron chi connectivity index (χ1n) is 5.19. The van der Waals surface area contributed by atoms with Gasteiger partial charge >= 0.3 is 6.18 Å². The van der Waals surface area contributed by atoms with E-state index in [1.165, 1.54) is 6.07 Å². The summed E-state index contributed by atoms with van der Waals surface area (Å²) >= 11 is 0. The number of ether oxygens (including phenoxy) is 1. The van der Waals surface area contributed by atoms with Crippen LogP contribution >= 0.6 is 0 Å². The van der Waals surface area contributed by atoms with Gasteiger partial charge in [0.15, 0.2) is 6.29 Å². The van der Waals surface area contributed by atoms with Crippen molar-refractivity contribution in [2.24, 2.45) is 5.73 Å². The van der Waals surface area contributed by atoms with Crippen LogP contribution in [0.1, 0.15) is 15.9 Å². The number of hydrogen-bond acceptors (Lipinski definition) is 3. The number of hydrogen-bond donors (Lipinski definition) is 1. The number of carbonyl (C=O) groups excluding carboxylic acids is 1. The highest BCUT2D eigenvalue weighted by molar-refractivity contribution is 5.78. The van der Waals surface area contributed by atoms with Crippen molar-refractivity contribution in [3.05, 3.63) is 41.2 Å². The second kappa shape index (κ2) is 6.33. The lowest BCUT2D eigenvalue weighted by Crippen LogP contribution is -2.12. The van der Waals surface area contributed by atoms with E-state index in [1.807, 2.05) is 0 Å². The number of halogens is 4. The molecule has 1 aromatic carbocycles. The molecule has 0 spiro atoms. The molecule has 0 amide bonds. The molecule has 0 unspecified atom stereocenters. The molecule has 0 heterocycles. The Morgan fingerprint density at radius 2 is 2.05 bits per heavy atom. The van der Waals surface area contributed by atoms with E-state index < -0.39 is 17.3 Å². The Bertz CT molecular complexity index is 483. The summed E-state index contributed by atoms with van der Waals surface area (Å²) in [7, 11) is 0. The fraction of sp³-hybridized carbons (Fsp3) is 0.250. The minimum atomic E-state index is -4.66. The Morgan fingerprint density at radius 3 is 2.53 bits per heavy atom. The van der Waals surface area contributed by atoms with Gasteiger partial charge in [0.05, 0.1) is 11.9 Å². The summed E-state index contributed by atoms with van der Waals surface area (Å²) in [5.74, 6) is -0.120. The Morgan fingerprint density at radius 1 is 1.37 bits per heavy atom. The Kier molecular flexibility index (Phi) is 5.05. The molecule has 3 nitrogen and oxygen atoms in total. The molecule has 0 bridgehead atoms. The second-order valence-electron chi connectivity index (χ2n) is 3.62. The minimum absolute atomic E-state index is 0.102. The van der Waals surface area contributed by atoms with Gasteiger partial charge in [0.2, 0.25) is 0 Å². The molecule has 7 heteroatoms. The van der Waals surface area contributed by atoms with Crippen LogP contribution in [-0.4, -0.2) is 19.4 Å². The molecule has 104 valence electrons. The van der Waals surface area contributed by atoms with Crippen LogP contribution in [0.2, 0.25) is 0 Å². The van der Waals surface area contributed by atoms with Crippen molar-refractivity contribution < 1.29 is 27.1 Å². The molecule has 0 aliphatic heterocycles. The minimum Gasteiger partial charge on any atom is -0.489 e. The largest absolute Gasteiger partial charge is 0.489 e. The van der Waals surface area contributed by atoms with Crippen LogP contribution in [0.4, 0.5) is 17.6 Å². The van der Waals surface area contributed by atoms with Crippen molar-refractivity contribution in [1.82, 2.24) is 0 Å². The molecule has 19 heavy (non-hydrogen) atoms. The zero-order valence-electron chi connectivity index (χ0n) is 9.71. The first-order valence-corrected chi connectivity index (χ1v) is 5.19. The van der Waals surface area contributed by atoms with Gasteiger partial charge in [-0.2, -0.15) is 13.2 Å². The van der Waals surface area contributed by atoms with Gasteiger partial charge in [-0.15, -0.1) is 0 Å². The van der Waals surface area contributed by atoms with Crippen molar-refractivity contribution in [3.63, 3.8) is 0 Å². The maximum absolute atomic E-state index is 12.6. The third-order valence-electron chi connectivity index (χ3n) is 2.30. The molecule has 0 fully saturated rings. The number of alkyl halides is 3. The number of nitrogens with two attached hydrogens (primary N) is 1. The average molecular weight is 277 g/mol. The quantitative estimate of drug-likeness (QED) is 0.665. The molecule has 0 saturated carbocycles. The van der Waals surface area contributed by atoms with Gasteiger partial charge in [-0.3, -0.25) is 4.79 Å². The molecule has 1 aromatic rings. The number of rotatable bonds is 5. The van der Waals surface area contributed by atoms with E-state index >= 15 is 0 Å². The highest BCUT2D eigenvalue weighted by Crippen LogP contribution is 2.33. The van der Waals surface area contributed by atoms with E-state index in [1.54, 1.807) is 0 Å². The summed E-state index contributed by atoms with van der Waals surface area (Å²) in [6, 6.07) is 2.88. The summed E-state index contributed by atoms with van der Waals surface area (Å²) in [6.07, 6.45) is -4.31. The third kappa shape index (κ3) is 4.06. The van der Waals surface area contributed by atoms with Gasteiger partial charge < -0.3 is 10.5 Å². The summed E-state index contributed by atoms with van der Waals surface area (Å²) < 4.78 is 55.1. The monoisotopic (exact) mass is 277 g/mol. The highest BCUT2D eigenvalue weighted by atomic mass is 19.4. The van der Waals surface area contributed by atoms with E-state index in [0.717, 1.165) is 6.07 Å². The predicted molar refractivity (Wildman–Crippen MR) is 60.6 cm³/mol. The van der Waals surface area contributed by atoms with E-state index in [2.05, 4.69) is 0 Å². The summed E-state index contributed by atoms with van der Waals surface area (Å²) in [6.45, 7) is -0.361. The first-order chi connectivity index (χ1) is 8.92. The Hall–Kier alpha value is -1.89. The normalized spacial score (nSPS) is 12.4. The summed E-state index contributed by atoms with van der Waals surface area (Å²) in [5.41, 5.74) is 3.70. The maximum atomic E-state index is 12.6. The van der Waals surface area contributed by atoms with E-state index in [-0.39, 0.29) is 37.1 Å². The van der Waals surface area contributed by atoms with Crippen molar-refractivity contribution in [2.75, 3.05) is 13.2 Å². The zero-order chi connectivity index (χ0) is 14.5. The fourth-order valence-electron chi connectivity index (χ4n) is 1.28. The lowest BCUT2D eigenvalue weighted by molar-refractivity contribution is -0.137. The second-order valence-corrected chi connectivity index (χ2v) is 3.62. The number of benzene rings is 1. The molecule has 1 rings (SSSR count). The summed E-state index contributed by atoms with van der Waals surface area (Å²) in [5, 5.41) is 0. The van der Waals surface area contributed by atoms with Gasteiger partial charge in [-0.05, 0) is 18.2 Å². The van der Waals surface area contributed by atoms with Crippen LogP contribution < -0.4 is 10.5 Å². The maximum Gasteiger partial charge on any atom is 0.417 e. The lowest BCUT2D eigenvalue weighted by atomic mass is 10.1. The molecule has 0 aliphatic rings. The molecule has 0 saturated heterocycles. The molecule has 0 atom stereocenters. The van der Waals surface area contributed by atoms with E-state index in [4.69, 9.17) is 10.5 Å². The fourth-order valence-corrected chi connectivity index (χ4v) is 1.28. The third-order valence-corrected chi connectivity index (χ3v) is 2.30. The Labute approximate surface area is 106 Å². The molecule has 0 aliphatic carbocycles. The lowest BCUT2D eigenvalue weighted by Gasteiger charge is -2.12. The van der Waals surface area contributed by atoms with Gasteiger partial charge in [0, 0.05) is 17.7 Å². The SMILES string of the molecule is NC/C(=C\F)COc1ccc(C=O)c(C(F)(F)F)c1. The van der Waals surface area contributed by atoms with Crippen LogP contribution in [0.5, 0.6) is 5.75 Å². The van der Waals surface area contributed by atoms with Crippen LogP contribution in [0.3, 0.4) is 0 Å².